The Labute approximate surface area is 321 Å². The van der Waals surface area contributed by atoms with E-state index in [0.29, 0.717) is 15.8 Å². The summed E-state index contributed by atoms with van der Waals surface area (Å²) in [5.41, 5.74) is 1.28. The number of aromatic hydroxyl groups is 1. The summed E-state index contributed by atoms with van der Waals surface area (Å²) in [7, 11) is -5.65. The molecule has 0 saturated heterocycles. The van der Waals surface area contributed by atoms with Crippen LogP contribution in [0.2, 0.25) is 5.02 Å². The molecule has 4 aromatic carbocycles. The Balaban J connectivity index is 1.64. The lowest BCUT2D eigenvalue weighted by Crippen LogP contribution is -2.43. The van der Waals surface area contributed by atoms with Gasteiger partial charge in [-0.25, -0.2) is 35.2 Å². The maximum Gasteiger partial charge on any atom is 0.342 e. The maximum atomic E-state index is 15.1. The zero-order valence-corrected chi connectivity index (χ0v) is 32.5. The third-order valence-electron chi connectivity index (χ3n) is 8.83. The van der Waals surface area contributed by atoms with Gasteiger partial charge in [-0.3, -0.25) is 4.79 Å². The highest BCUT2D eigenvalue weighted by Crippen LogP contribution is 2.42. The molecule has 0 atom stereocenters. The fourth-order valence-corrected chi connectivity index (χ4v) is 7.41. The maximum absolute atomic E-state index is 15.1. The Bertz CT molecular complexity index is 2220. The van der Waals surface area contributed by atoms with Crippen LogP contribution < -0.4 is 4.90 Å². The highest BCUT2D eigenvalue weighted by atomic mass is 35.5. The van der Waals surface area contributed by atoms with Crippen molar-refractivity contribution in [3.8, 4) is 5.75 Å². The second kappa shape index (κ2) is 15.5. The number of halogens is 6. The highest BCUT2D eigenvalue weighted by molar-refractivity contribution is 7.89. The van der Waals surface area contributed by atoms with Crippen molar-refractivity contribution in [3.63, 3.8) is 0 Å². The van der Waals surface area contributed by atoms with E-state index in [1.165, 1.54) is 36.4 Å². The SMILES string of the molecule is CC(C)(C)OC(=O)c1ccc(N(Cc2cc(C3CC3)cc(C(C)(C)C)c2)C(=O)CN(Cc2ccc(Cl)cc2)S(=O)(=O)c2c(F)c(F)c(F)c(F)c2F)cc1O. The van der Waals surface area contributed by atoms with Crippen LogP contribution in [0.25, 0.3) is 0 Å². The molecule has 15 heteroatoms. The second-order valence-electron chi connectivity index (χ2n) is 15.5. The number of sulfonamides is 1. The van der Waals surface area contributed by atoms with Crippen LogP contribution in [-0.4, -0.2) is 41.9 Å². The van der Waals surface area contributed by atoms with Crippen LogP contribution in [0.1, 0.15) is 92.9 Å². The highest BCUT2D eigenvalue weighted by Gasteiger charge is 2.39. The van der Waals surface area contributed by atoms with Crippen LogP contribution in [-0.2, 0) is 38.1 Å². The number of anilines is 1. The average Bonchev–Trinajstić information content (AvgIpc) is 3.94. The molecule has 0 aliphatic heterocycles. The first-order valence-electron chi connectivity index (χ1n) is 17.2. The molecule has 0 unspecified atom stereocenters. The van der Waals surface area contributed by atoms with E-state index in [9.17, 15) is 36.3 Å². The molecule has 0 aromatic heterocycles. The first-order chi connectivity index (χ1) is 25.5. The molecule has 1 saturated carbocycles. The average molecular weight is 807 g/mol. The number of esters is 1. The Morgan fingerprint density at radius 2 is 1.38 bits per heavy atom. The predicted octanol–water partition coefficient (Wildman–Crippen LogP) is 9.30. The number of ether oxygens (including phenoxy) is 1. The summed E-state index contributed by atoms with van der Waals surface area (Å²) < 4.78 is 107. The van der Waals surface area contributed by atoms with Crippen molar-refractivity contribution >= 4 is 39.2 Å². The largest absolute Gasteiger partial charge is 0.507 e. The Hall–Kier alpha value is -4.53. The fourth-order valence-electron chi connectivity index (χ4n) is 5.79. The normalized spacial score (nSPS) is 13.6. The van der Waals surface area contributed by atoms with Crippen LogP contribution in [0, 0.1) is 29.1 Å². The zero-order chi connectivity index (χ0) is 40.8. The van der Waals surface area contributed by atoms with Crippen molar-refractivity contribution in [2.24, 2.45) is 0 Å². The van der Waals surface area contributed by atoms with Crippen LogP contribution in [0.5, 0.6) is 5.75 Å². The van der Waals surface area contributed by atoms with Crippen molar-refractivity contribution in [2.45, 2.75) is 89.3 Å². The number of hydrogen-bond donors (Lipinski definition) is 1. The van der Waals surface area contributed by atoms with Gasteiger partial charge < -0.3 is 14.7 Å². The van der Waals surface area contributed by atoms with Gasteiger partial charge in [0.15, 0.2) is 28.2 Å². The predicted molar refractivity (Wildman–Crippen MR) is 197 cm³/mol. The molecule has 0 radical (unpaired) electrons. The summed E-state index contributed by atoms with van der Waals surface area (Å²) in [5.74, 6) is -14.9. The topological polar surface area (TPSA) is 104 Å². The third kappa shape index (κ3) is 9.47. The molecular formula is C40H40ClF5N2O6S. The van der Waals surface area contributed by atoms with E-state index in [1.807, 2.05) is 32.9 Å². The zero-order valence-electron chi connectivity index (χ0n) is 30.9. The molecular weight excluding hydrogens is 767 g/mol. The minimum atomic E-state index is -5.65. The van der Waals surface area contributed by atoms with Crippen LogP contribution in [0.15, 0.2) is 65.6 Å². The molecule has 0 heterocycles. The minimum absolute atomic E-state index is 0.0102. The van der Waals surface area contributed by atoms with E-state index in [-0.39, 0.29) is 33.8 Å². The number of amides is 1. The molecule has 55 heavy (non-hydrogen) atoms. The van der Waals surface area contributed by atoms with Gasteiger partial charge in [-0.1, -0.05) is 62.7 Å². The number of rotatable bonds is 11. The van der Waals surface area contributed by atoms with Gasteiger partial charge in [-0.2, -0.15) is 4.31 Å². The Morgan fingerprint density at radius 3 is 1.91 bits per heavy atom. The van der Waals surface area contributed by atoms with E-state index in [2.05, 4.69) is 6.07 Å². The van der Waals surface area contributed by atoms with Crippen LogP contribution >= 0.6 is 11.6 Å². The van der Waals surface area contributed by atoms with Gasteiger partial charge in [0.05, 0.1) is 13.1 Å². The molecule has 1 aliphatic carbocycles. The summed E-state index contributed by atoms with van der Waals surface area (Å²) in [6.07, 6.45) is 1.93. The summed E-state index contributed by atoms with van der Waals surface area (Å²) in [6, 6.07) is 15.0. The molecule has 5 rings (SSSR count). The van der Waals surface area contributed by atoms with Crippen LogP contribution in [0.4, 0.5) is 27.6 Å². The Kier molecular flexibility index (Phi) is 11.8. The molecule has 1 amide bonds. The monoisotopic (exact) mass is 806 g/mol. The quantitative estimate of drug-likeness (QED) is 0.0702. The molecule has 4 aromatic rings. The first-order valence-corrected chi connectivity index (χ1v) is 19.1. The summed E-state index contributed by atoms with van der Waals surface area (Å²) >= 11 is 5.98. The third-order valence-corrected chi connectivity index (χ3v) is 10.9. The molecule has 1 fully saturated rings. The number of hydrogen-bond acceptors (Lipinski definition) is 6. The van der Waals surface area contributed by atoms with Gasteiger partial charge in [0, 0.05) is 23.3 Å². The molecule has 8 nitrogen and oxygen atoms in total. The lowest BCUT2D eigenvalue weighted by molar-refractivity contribution is -0.119. The number of phenols is 1. The van der Waals surface area contributed by atoms with E-state index in [1.54, 1.807) is 20.8 Å². The molecule has 294 valence electrons. The number of phenolic OH excluding ortho intramolecular Hbond substituents is 1. The number of carbonyl (C=O) groups is 2. The number of carbonyl (C=O) groups excluding carboxylic acids is 2. The lowest BCUT2D eigenvalue weighted by atomic mass is 9.84. The van der Waals surface area contributed by atoms with Gasteiger partial charge >= 0.3 is 5.97 Å². The van der Waals surface area contributed by atoms with E-state index >= 15 is 8.78 Å². The van der Waals surface area contributed by atoms with Crippen molar-refractivity contribution in [2.75, 3.05) is 11.4 Å². The minimum Gasteiger partial charge on any atom is -0.507 e. The standard InChI is InChI=1S/C40H40ClF5N2O6S/c1-39(2,3)26-16-23(15-25(17-26)24-9-10-24)20-48(28-13-14-29(30(49)18-28)38(51)54-40(4,5)6)31(50)21-47(19-22-7-11-27(41)12-8-22)55(52,53)37-35(45)33(43)32(42)34(44)36(37)46/h7-8,11-18,24,49H,9-10,19-21H2,1-6H3. The second-order valence-corrected chi connectivity index (χ2v) is 17.8. The lowest BCUT2D eigenvalue weighted by Gasteiger charge is -2.29. The molecule has 1 aliphatic rings. The summed E-state index contributed by atoms with van der Waals surface area (Å²) in [4.78, 5) is 26.3. The summed E-state index contributed by atoms with van der Waals surface area (Å²) in [6.45, 7) is 8.79. The van der Waals surface area contributed by atoms with Crippen molar-refractivity contribution < 1.29 is 49.8 Å². The molecule has 1 N–H and O–H groups in total. The Morgan fingerprint density at radius 1 is 0.800 bits per heavy atom. The van der Waals surface area contributed by atoms with E-state index in [0.717, 1.165) is 34.9 Å². The van der Waals surface area contributed by atoms with Crippen molar-refractivity contribution in [3.05, 3.63) is 123 Å². The number of benzene rings is 4. The molecule has 0 bridgehead atoms. The van der Waals surface area contributed by atoms with Gasteiger partial charge in [-0.15, -0.1) is 0 Å². The van der Waals surface area contributed by atoms with Crippen molar-refractivity contribution in [1.29, 1.82) is 0 Å². The smallest absolute Gasteiger partial charge is 0.342 e. The first kappa shape index (κ1) is 41.6. The number of nitrogens with zero attached hydrogens (tertiary/aromatic N) is 2. The van der Waals surface area contributed by atoms with E-state index < -0.39 is 80.3 Å². The summed E-state index contributed by atoms with van der Waals surface area (Å²) in [5, 5.41) is 11.3. The van der Waals surface area contributed by atoms with E-state index in [4.69, 9.17) is 16.3 Å². The van der Waals surface area contributed by atoms with Gasteiger partial charge in [0.25, 0.3) is 0 Å². The van der Waals surface area contributed by atoms with Crippen molar-refractivity contribution in [1.82, 2.24) is 4.31 Å². The molecule has 0 spiro atoms. The van der Waals surface area contributed by atoms with Gasteiger partial charge in [0.1, 0.15) is 16.9 Å². The van der Waals surface area contributed by atoms with Gasteiger partial charge in [0.2, 0.25) is 21.7 Å². The van der Waals surface area contributed by atoms with Crippen LogP contribution in [0.3, 0.4) is 0 Å². The fraction of sp³-hybridized carbons (Fsp3) is 0.350. The van der Waals surface area contributed by atoms with Gasteiger partial charge in [-0.05, 0) is 91.5 Å².